The number of anilines is 1. The molecule has 1 aromatic heterocycles. The summed E-state index contributed by atoms with van der Waals surface area (Å²) in [5, 5.41) is 9.08. The van der Waals surface area contributed by atoms with Gasteiger partial charge in [-0.05, 0) is 36.2 Å². The summed E-state index contributed by atoms with van der Waals surface area (Å²) < 4.78 is 2.90. The number of hydrogen-bond acceptors (Lipinski definition) is 3. The summed E-state index contributed by atoms with van der Waals surface area (Å²) in [5.41, 5.74) is 2.07. The summed E-state index contributed by atoms with van der Waals surface area (Å²) in [5.74, 6) is 0.718. The Bertz CT molecular complexity index is 858. The van der Waals surface area contributed by atoms with E-state index in [0.29, 0.717) is 10.0 Å². The van der Waals surface area contributed by atoms with Gasteiger partial charge in [-0.1, -0.05) is 57.3 Å². The average molecular weight is 424 g/mol. The van der Waals surface area contributed by atoms with Crippen LogP contribution in [-0.2, 0) is 0 Å². The maximum Gasteiger partial charge on any atom is 0.222 e. The number of nitrogens with one attached hydrogen (secondary N) is 1. The minimum atomic E-state index is -0.0707. The van der Waals surface area contributed by atoms with Crippen LogP contribution >= 0.6 is 39.1 Å². The Labute approximate surface area is 157 Å². The minimum Gasteiger partial charge on any atom is -0.348 e. The monoisotopic (exact) mass is 422 g/mol. The zero-order valence-electron chi connectivity index (χ0n) is 12.5. The van der Waals surface area contributed by atoms with Crippen LogP contribution in [0.3, 0.4) is 0 Å². The van der Waals surface area contributed by atoms with E-state index in [9.17, 15) is 0 Å². The maximum absolute atomic E-state index is 6.44. The smallest absolute Gasteiger partial charge is 0.222 e. The minimum absolute atomic E-state index is 0.0707. The molecule has 24 heavy (non-hydrogen) atoms. The highest BCUT2D eigenvalue weighted by Gasteiger charge is 2.32. The van der Waals surface area contributed by atoms with Crippen molar-refractivity contribution in [2.75, 3.05) is 5.32 Å². The molecule has 3 aromatic rings. The highest BCUT2D eigenvalue weighted by Crippen LogP contribution is 2.42. The topological polar surface area (TPSA) is 42.7 Å². The molecule has 0 unspecified atom stereocenters. The van der Waals surface area contributed by atoms with Crippen molar-refractivity contribution in [3.05, 3.63) is 74.4 Å². The van der Waals surface area contributed by atoms with Crippen LogP contribution in [0.15, 0.2) is 53.3 Å². The fourth-order valence-corrected chi connectivity index (χ4v) is 4.02. The normalized spacial score (nSPS) is 19.6. The molecule has 0 fully saturated rings. The lowest BCUT2D eigenvalue weighted by molar-refractivity contribution is 0.431. The number of hydrogen-bond donors (Lipinski definition) is 1. The van der Waals surface area contributed by atoms with Gasteiger partial charge in [0.15, 0.2) is 0 Å². The van der Waals surface area contributed by atoms with Crippen molar-refractivity contribution in [3.8, 4) is 0 Å². The molecular formula is C17H13BrCl2N4. The first kappa shape index (κ1) is 15.9. The van der Waals surface area contributed by atoms with Crippen molar-refractivity contribution < 1.29 is 0 Å². The summed E-state index contributed by atoms with van der Waals surface area (Å²) in [6.07, 6.45) is 2.32. The maximum atomic E-state index is 6.44. The first-order valence-electron chi connectivity index (χ1n) is 7.49. The quantitative estimate of drug-likeness (QED) is 0.592. The predicted molar refractivity (Wildman–Crippen MR) is 99.7 cm³/mol. The van der Waals surface area contributed by atoms with E-state index in [1.165, 1.54) is 5.56 Å². The fraction of sp³-hybridized carbons (Fsp3) is 0.176. The standard InChI is InChI=1S/C17H13BrCl2N4/c18-11-6-4-10(5-7-11)14-8-15(24-17(23-14)21-9-22-24)16-12(19)2-1-3-13(16)20/h1-7,9,14-15H,8H2,(H,21,22,23)/t14-,15-/m0/s1. The van der Waals surface area contributed by atoms with Crippen molar-refractivity contribution in [3.63, 3.8) is 0 Å². The molecule has 1 aliphatic heterocycles. The van der Waals surface area contributed by atoms with Crippen molar-refractivity contribution in [2.24, 2.45) is 0 Å². The van der Waals surface area contributed by atoms with Crippen LogP contribution in [0.5, 0.6) is 0 Å². The lowest BCUT2D eigenvalue weighted by atomic mass is 9.93. The molecule has 0 amide bonds. The summed E-state index contributed by atoms with van der Waals surface area (Å²) in [7, 11) is 0. The third kappa shape index (κ3) is 2.81. The molecule has 4 rings (SSSR count). The van der Waals surface area contributed by atoms with Gasteiger partial charge in [0, 0.05) is 20.1 Å². The molecule has 2 atom stereocenters. The molecule has 0 saturated carbocycles. The van der Waals surface area contributed by atoms with E-state index in [1.807, 2.05) is 35.0 Å². The van der Waals surface area contributed by atoms with Crippen molar-refractivity contribution in [1.82, 2.24) is 14.8 Å². The van der Waals surface area contributed by atoms with E-state index in [2.05, 4.69) is 43.5 Å². The highest BCUT2D eigenvalue weighted by atomic mass is 79.9. The second-order valence-electron chi connectivity index (χ2n) is 5.66. The van der Waals surface area contributed by atoms with Crippen LogP contribution in [-0.4, -0.2) is 14.8 Å². The molecule has 0 saturated heterocycles. The van der Waals surface area contributed by atoms with Gasteiger partial charge in [0.1, 0.15) is 6.33 Å². The summed E-state index contributed by atoms with van der Waals surface area (Å²) >= 11 is 16.4. The highest BCUT2D eigenvalue weighted by molar-refractivity contribution is 9.10. The molecule has 2 heterocycles. The molecule has 122 valence electrons. The number of aromatic nitrogens is 3. The van der Waals surface area contributed by atoms with E-state index in [4.69, 9.17) is 23.2 Å². The molecule has 7 heteroatoms. The Hall–Kier alpha value is -1.56. The molecule has 0 spiro atoms. The molecule has 1 N–H and O–H groups in total. The number of rotatable bonds is 2. The molecule has 0 radical (unpaired) electrons. The Morgan fingerprint density at radius 1 is 1.08 bits per heavy atom. The van der Waals surface area contributed by atoms with E-state index in [0.717, 1.165) is 22.4 Å². The summed E-state index contributed by atoms with van der Waals surface area (Å²) in [4.78, 5) is 4.33. The number of benzene rings is 2. The van der Waals surface area contributed by atoms with Gasteiger partial charge in [-0.15, -0.1) is 0 Å². The Kier molecular flexibility index (Phi) is 4.24. The number of halogens is 3. The molecule has 1 aliphatic rings. The fourth-order valence-electron chi connectivity index (χ4n) is 3.10. The van der Waals surface area contributed by atoms with Gasteiger partial charge in [-0.2, -0.15) is 10.1 Å². The second kappa shape index (κ2) is 6.39. The molecular weight excluding hydrogens is 411 g/mol. The molecule has 2 aromatic carbocycles. The lowest BCUT2D eigenvalue weighted by Crippen LogP contribution is -2.28. The summed E-state index contributed by atoms with van der Waals surface area (Å²) in [6.45, 7) is 0. The van der Waals surface area contributed by atoms with Crippen LogP contribution in [0.2, 0.25) is 10.0 Å². The molecule has 4 nitrogen and oxygen atoms in total. The SMILES string of the molecule is Clc1cccc(Cl)c1[C@@H]1C[C@@H](c2ccc(Br)cc2)Nc2ncnn21. The second-order valence-corrected chi connectivity index (χ2v) is 7.39. The molecule has 0 bridgehead atoms. The van der Waals surface area contributed by atoms with Crippen LogP contribution in [0.25, 0.3) is 0 Å². The predicted octanol–water partition coefficient (Wildman–Crippen LogP) is 5.49. The number of fused-ring (bicyclic) bond motifs is 1. The van der Waals surface area contributed by atoms with Crippen molar-refractivity contribution in [1.29, 1.82) is 0 Å². The zero-order valence-corrected chi connectivity index (χ0v) is 15.6. The summed E-state index contributed by atoms with van der Waals surface area (Å²) in [6, 6.07) is 13.9. The third-order valence-corrected chi connectivity index (χ3v) is 5.42. The van der Waals surface area contributed by atoms with Gasteiger partial charge in [-0.3, -0.25) is 0 Å². The van der Waals surface area contributed by atoms with Crippen LogP contribution in [0.4, 0.5) is 5.95 Å². The van der Waals surface area contributed by atoms with E-state index in [-0.39, 0.29) is 12.1 Å². The Morgan fingerprint density at radius 2 is 1.79 bits per heavy atom. The van der Waals surface area contributed by atoms with Crippen LogP contribution in [0, 0.1) is 0 Å². The van der Waals surface area contributed by atoms with Crippen LogP contribution in [0.1, 0.15) is 29.6 Å². The first-order chi connectivity index (χ1) is 11.6. The lowest BCUT2D eigenvalue weighted by Gasteiger charge is -2.32. The third-order valence-electron chi connectivity index (χ3n) is 4.24. The van der Waals surface area contributed by atoms with E-state index < -0.39 is 0 Å². The van der Waals surface area contributed by atoms with Gasteiger partial charge in [0.05, 0.1) is 12.1 Å². The van der Waals surface area contributed by atoms with E-state index >= 15 is 0 Å². The van der Waals surface area contributed by atoms with Crippen molar-refractivity contribution in [2.45, 2.75) is 18.5 Å². The Morgan fingerprint density at radius 3 is 2.50 bits per heavy atom. The van der Waals surface area contributed by atoms with Gasteiger partial charge in [0.25, 0.3) is 0 Å². The van der Waals surface area contributed by atoms with E-state index in [1.54, 1.807) is 6.33 Å². The van der Waals surface area contributed by atoms with Crippen LogP contribution < -0.4 is 5.32 Å². The zero-order chi connectivity index (χ0) is 16.7. The van der Waals surface area contributed by atoms with Gasteiger partial charge < -0.3 is 5.32 Å². The average Bonchev–Trinajstić information content (AvgIpc) is 3.04. The molecule has 0 aliphatic carbocycles. The Balaban J connectivity index is 1.78. The van der Waals surface area contributed by atoms with Gasteiger partial charge in [0.2, 0.25) is 5.95 Å². The number of nitrogens with zero attached hydrogens (tertiary/aromatic N) is 3. The first-order valence-corrected chi connectivity index (χ1v) is 9.04. The van der Waals surface area contributed by atoms with Gasteiger partial charge in [-0.25, -0.2) is 4.68 Å². The van der Waals surface area contributed by atoms with Gasteiger partial charge >= 0.3 is 0 Å². The van der Waals surface area contributed by atoms with Crippen molar-refractivity contribution >= 4 is 45.1 Å². The largest absolute Gasteiger partial charge is 0.348 e.